The average Bonchev–Trinajstić information content (AvgIpc) is 2.01. The standard InChI is InChI=1S/C10H13N/c1-3-4-7-10-8-5-6-9(2)11-10/h3-6,8H,7H2,1-2H3/b4-3+. The Kier molecular flexibility index (Phi) is 2.84. The van der Waals surface area contributed by atoms with Crippen molar-refractivity contribution in [3.05, 3.63) is 41.7 Å². The Bertz CT molecular complexity index is 251. The first kappa shape index (κ1) is 7.99. The molecule has 0 bridgehead atoms. The lowest BCUT2D eigenvalue weighted by Gasteiger charge is -1.95. The molecule has 1 heteroatoms. The first-order chi connectivity index (χ1) is 5.33. The van der Waals surface area contributed by atoms with Crippen molar-refractivity contribution in [3.63, 3.8) is 0 Å². The highest BCUT2D eigenvalue weighted by Gasteiger charge is 1.89. The van der Waals surface area contributed by atoms with Gasteiger partial charge in [-0.05, 0) is 26.0 Å². The van der Waals surface area contributed by atoms with E-state index in [9.17, 15) is 0 Å². The molecule has 0 atom stereocenters. The maximum atomic E-state index is 4.36. The molecule has 11 heavy (non-hydrogen) atoms. The van der Waals surface area contributed by atoms with Crippen LogP contribution in [-0.2, 0) is 6.42 Å². The van der Waals surface area contributed by atoms with Crippen LogP contribution in [-0.4, -0.2) is 4.98 Å². The van der Waals surface area contributed by atoms with Crippen LogP contribution in [0.3, 0.4) is 0 Å². The Labute approximate surface area is 67.8 Å². The molecule has 1 nitrogen and oxygen atoms in total. The van der Waals surface area contributed by atoms with E-state index in [4.69, 9.17) is 0 Å². The highest BCUT2D eigenvalue weighted by molar-refractivity contribution is 5.12. The second kappa shape index (κ2) is 3.91. The highest BCUT2D eigenvalue weighted by atomic mass is 14.7. The molecule has 0 N–H and O–H groups in total. The molecule has 0 spiro atoms. The van der Waals surface area contributed by atoms with Crippen molar-refractivity contribution in [2.45, 2.75) is 20.3 Å². The molecule has 0 radical (unpaired) electrons. The molecule has 0 saturated carbocycles. The molecule has 0 aliphatic carbocycles. The topological polar surface area (TPSA) is 12.9 Å². The monoisotopic (exact) mass is 147 g/mol. The Morgan fingerprint density at radius 1 is 1.45 bits per heavy atom. The molecule has 0 amide bonds. The molecule has 0 aliphatic heterocycles. The zero-order valence-corrected chi connectivity index (χ0v) is 7.04. The first-order valence-electron chi connectivity index (χ1n) is 3.86. The molecule has 1 rings (SSSR count). The van der Waals surface area contributed by atoms with Crippen LogP contribution >= 0.6 is 0 Å². The third-order valence-corrected chi connectivity index (χ3v) is 1.51. The third-order valence-electron chi connectivity index (χ3n) is 1.51. The van der Waals surface area contributed by atoms with Crippen LogP contribution in [0.1, 0.15) is 18.3 Å². The predicted octanol–water partition coefficient (Wildman–Crippen LogP) is 2.51. The lowest BCUT2D eigenvalue weighted by Crippen LogP contribution is -1.88. The molecular formula is C10H13N. The smallest absolute Gasteiger partial charge is 0.0444 e. The summed E-state index contributed by atoms with van der Waals surface area (Å²) in [6.07, 6.45) is 5.10. The van der Waals surface area contributed by atoms with Crippen molar-refractivity contribution < 1.29 is 0 Å². The molecule has 0 aliphatic rings. The largest absolute Gasteiger partial charge is 0.258 e. The summed E-state index contributed by atoms with van der Waals surface area (Å²) in [5.41, 5.74) is 2.23. The van der Waals surface area contributed by atoms with Crippen molar-refractivity contribution >= 4 is 0 Å². The zero-order valence-electron chi connectivity index (χ0n) is 7.04. The molecule has 1 heterocycles. The maximum Gasteiger partial charge on any atom is 0.0444 e. The molecule has 1 aromatic heterocycles. The van der Waals surface area contributed by atoms with E-state index in [1.54, 1.807) is 0 Å². The van der Waals surface area contributed by atoms with Crippen LogP contribution in [0.5, 0.6) is 0 Å². The van der Waals surface area contributed by atoms with Crippen LogP contribution < -0.4 is 0 Å². The van der Waals surface area contributed by atoms with E-state index in [2.05, 4.69) is 11.1 Å². The van der Waals surface area contributed by atoms with Crippen molar-refractivity contribution in [1.29, 1.82) is 0 Å². The molecule has 0 saturated heterocycles. The van der Waals surface area contributed by atoms with E-state index < -0.39 is 0 Å². The van der Waals surface area contributed by atoms with Crippen LogP contribution in [0.25, 0.3) is 0 Å². The lowest BCUT2D eigenvalue weighted by atomic mass is 10.2. The van der Waals surface area contributed by atoms with E-state index >= 15 is 0 Å². The average molecular weight is 147 g/mol. The second-order valence-electron chi connectivity index (χ2n) is 2.54. The number of aromatic nitrogens is 1. The van der Waals surface area contributed by atoms with Gasteiger partial charge < -0.3 is 0 Å². The van der Waals surface area contributed by atoms with Crippen molar-refractivity contribution in [1.82, 2.24) is 4.98 Å². The summed E-state index contributed by atoms with van der Waals surface area (Å²) in [6, 6.07) is 6.10. The van der Waals surface area contributed by atoms with Gasteiger partial charge in [0, 0.05) is 17.8 Å². The Balaban J connectivity index is 2.71. The van der Waals surface area contributed by atoms with Crippen molar-refractivity contribution in [3.8, 4) is 0 Å². The van der Waals surface area contributed by atoms with Gasteiger partial charge in [0.2, 0.25) is 0 Å². The van der Waals surface area contributed by atoms with Gasteiger partial charge in [-0.25, -0.2) is 0 Å². The predicted molar refractivity (Wildman–Crippen MR) is 47.5 cm³/mol. The number of pyridine rings is 1. The van der Waals surface area contributed by atoms with Crippen molar-refractivity contribution in [2.75, 3.05) is 0 Å². The number of aryl methyl sites for hydroxylation is 1. The van der Waals surface area contributed by atoms with E-state index in [1.165, 1.54) is 0 Å². The second-order valence-corrected chi connectivity index (χ2v) is 2.54. The number of allylic oxidation sites excluding steroid dienone is 2. The van der Waals surface area contributed by atoms with Gasteiger partial charge in [-0.2, -0.15) is 0 Å². The van der Waals surface area contributed by atoms with Gasteiger partial charge in [-0.1, -0.05) is 18.2 Å². The molecule has 58 valence electrons. The van der Waals surface area contributed by atoms with Crippen LogP contribution in [0.4, 0.5) is 0 Å². The van der Waals surface area contributed by atoms with E-state index in [0.29, 0.717) is 0 Å². The number of hydrogen-bond acceptors (Lipinski definition) is 1. The van der Waals surface area contributed by atoms with Gasteiger partial charge in [0.15, 0.2) is 0 Å². The molecule has 0 aromatic carbocycles. The summed E-state index contributed by atoms with van der Waals surface area (Å²) in [5.74, 6) is 0. The fourth-order valence-corrected chi connectivity index (χ4v) is 0.952. The van der Waals surface area contributed by atoms with Crippen LogP contribution in [0.15, 0.2) is 30.4 Å². The SMILES string of the molecule is C/C=C/Cc1cccc(C)n1. The van der Waals surface area contributed by atoms with Crippen LogP contribution in [0.2, 0.25) is 0 Å². The van der Waals surface area contributed by atoms with Gasteiger partial charge in [0.25, 0.3) is 0 Å². The number of nitrogens with zero attached hydrogens (tertiary/aromatic N) is 1. The van der Waals surface area contributed by atoms with Gasteiger partial charge in [-0.15, -0.1) is 0 Å². The Morgan fingerprint density at radius 2 is 2.27 bits per heavy atom. The zero-order chi connectivity index (χ0) is 8.10. The minimum absolute atomic E-state index is 0.943. The summed E-state index contributed by atoms with van der Waals surface area (Å²) in [6.45, 7) is 4.04. The van der Waals surface area contributed by atoms with Gasteiger partial charge in [-0.3, -0.25) is 4.98 Å². The fraction of sp³-hybridized carbons (Fsp3) is 0.300. The lowest BCUT2D eigenvalue weighted by molar-refractivity contribution is 1.06. The summed E-state index contributed by atoms with van der Waals surface area (Å²) >= 11 is 0. The summed E-state index contributed by atoms with van der Waals surface area (Å²) in [5, 5.41) is 0. The molecular weight excluding hydrogens is 134 g/mol. The quantitative estimate of drug-likeness (QED) is 0.586. The molecule has 0 unspecified atom stereocenters. The molecule has 0 fully saturated rings. The minimum Gasteiger partial charge on any atom is -0.258 e. The molecule has 1 aromatic rings. The van der Waals surface area contributed by atoms with Crippen LogP contribution in [0, 0.1) is 6.92 Å². The highest BCUT2D eigenvalue weighted by Crippen LogP contribution is 1.99. The fourth-order valence-electron chi connectivity index (χ4n) is 0.952. The Hall–Kier alpha value is -1.11. The van der Waals surface area contributed by atoms with Gasteiger partial charge in [0.05, 0.1) is 0 Å². The normalized spacial score (nSPS) is 10.7. The third kappa shape index (κ3) is 2.54. The summed E-state index contributed by atoms with van der Waals surface area (Å²) < 4.78 is 0. The van der Waals surface area contributed by atoms with E-state index in [0.717, 1.165) is 17.8 Å². The summed E-state index contributed by atoms with van der Waals surface area (Å²) in [4.78, 5) is 4.36. The summed E-state index contributed by atoms with van der Waals surface area (Å²) in [7, 11) is 0. The van der Waals surface area contributed by atoms with Crippen molar-refractivity contribution in [2.24, 2.45) is 0 Å². The van der Waals surface area contributed by atoms with Gasteiger partial charge >= 0.3 is 0 Å². The maximum absolute atomic E-state index is 4.36. The number of rotatable bonds is 2. The first-order valence-corrected chi connectivity index (χ1v) is 3.86. The number of hydrogen-bond donors (Lipinski definition) is 0. The van der Waals surface area contributed by atoms with Gasteiger partial charge in [0.1, 0.15) is 0 Å². The minimum atomic E-state index is 0.943. The Morgan fingerprint density at radius 3 is 2.91 bits per heavy atom. The van der Waals surface area contributed by atoms with E-state index in [1.807, 2.05) is 38.1 Å². The van der Waals surface area contributed by atoms with E-state index in [-0.39, 0.29) is 0 Å².